The summed E-state index contributed by atoms with van der Waals surface area (Å²) in [6.45, 7) is 3.79. The van der Waals surface area contributed by atoms with Gasteiger partial charge in [-0.05, 0) is 0 Å². The Balaban J connectivity index is 2.66. The topological polar surface area (TPSA) is 42.2 Å². The Bertz CT molecular complexity index is 334. The predicted octanol–water partition coefficient (Wildman–Crippen LogP) is 0.654. The van der Waals surface area contributed by atoms with E-state index < -0.39 is 0 Å². The van der Waals surface area contributed by atoms with E-state index in [1.807, 2.05) is 11.6 Å². The molecule has 0 amide bonds. The van der Waals surface area contributed by atoms with Crippen molar-refractivity contribution in [3.05, 3.63) is 18.6 Å². The Hall–Kier alpha value is -1.58. The molecule has 2 heterocycles. The molecule has 2 rings (SSSR count). The van der Waals surface area contributed by atoms with Crippen molar-refractivity contribution in [2.75, 3.05) is 0 Å². The zero-order chi connectivity index (χ0) is 7.84. The maximum Gasteiger partial charge on any atom is 0.163 e. The van der Waals surface area contributed by atoms with E-state index >= 15 is 0 Å². The lowest BCUT2D eigenvalue weighted by Crippen LogP contribution is -2.12. The first-order valence-corrected chi connectivity index (χ1v) is 3.28. The van der Waals surface area contributed by atoms with E-state index in [2.05, 4.69) is 21.9 Å². The van der Waals surface area contributed by atoms with Gasteiger partial charge in [0.2, 0.25) is 0 Å². The highest BCUT2D eigenvalue weighted by Gasteiger charge is 2.12. The highest BCUT2D eigenvalue weighted by Crippen LogP contribution is 2.23. The zero-order valence-electron chi connectivity index (χ0n) is 6.20. The van der Waals surface area contributed by atoms with Gasteiger partial charge in [0.25, 0.3) is 0 Å². The Morgan fingerprint density at radius 1 is 1.64 bits per heavy atom. The quantitative estimate of drug-likeness (QED) is 0.587. The van der Waals surface area contributed by atoms with E-state index in [0.717, 1.165) is 17.2 Å². The SMILES string of the molecule is C=C1NC=Nc2c1ncn2C. The van der Waals surface area contributed by atoms with Gasteiger partial charge in [-0.3, -0.25) is 0 Å². The van der Waals surface area contributed by atoms with Crippen molar-refractivity contribution in [3.8, 4) is 0 Å². The summed E-state index contributed by atoms with van der Waals surface area (Å²) < 4.78 is 1.86. The minimum atomic E-state index is 0.801. The van der Waals surface area contributed by atoms with E-state index in [0.29, 0.717) is 0 Å². The number of hydrogen-bond acceptors (Lipinski definition) is 3. The third-order valence-corrected chi connectivity index (χ3v) is 1.62. The molecule has 0 aliphatic carbocycles. The molecular weight excluding hydrogens is 140 g/mol. The average Bonchev–Trinajstić information content (AvgIpc) is 2.35. The summed E-state index contributed by atoms with van der Waals surface area (Å²) in [6, 6.07) is 0. The summed E-state index contributed by atoms with van der Waals surface area (Å²) in [5.74, 6) is 0.855. The summed E-state index contributed by atoms with van der Waals surface area (Å²) >= 11 is 0. The minimum Gasteiger partial charge on any atom is -0.345 e. The van der Waals surface area contributed by atoms with Crippen molar-refractivity contribution >= 4 is 17.9 Å². The van der Waals surface area contributed by atoms with Gasteiger partial charge < -0.3 is 9.88 Å². The summed E-state index contributed by atoms with van der Waals surface area (Å²) in [5.41, 5.74) is 1.63. The molecule has 0 fully saturated rings. The largest absolute Gasteiger partial charge is 0.345 e. The van der Waals surface area contributed by atoms with Crippen LogP contribution in [0.15, 0.2) is 17.9 Å². The van der Waals surface area contributed by atoms with Crippen LogP contribution in [0.5, 0.6) is 0 Å². The van der Waals surface area contributed by atoms with Gasteiger partial charge in [-0.25, -0.2) is 9.98 Å². The predicted molar refractivity (Wildman–Crippen MR) is 43.5 cm³/mol. The number of aromatic nitrogens is 2. The van der Waals surface area contributed by atoms with Gasteiger partial charge in [-0.2, -0.15) is 0 Å². The fourth-order valence-electron chi connectivity index (χ4n) is 1.03. The fourth-order valence-corrected chi connectivity index (χ4v) is 1.03. The number of fused-ring (bicyclic) bond motifs is 1. The Labute approximate surface area is 64.3 Å². The molecule has 1 aromatic rings. The smallest absolute Gasteiger partial charge is 0.163 e. The normalized spacial score (nSPS) is 14.5. The van der Waals surface area contributed by atoms with Gasteiger partial charge in [0.05, 0.1) is 18.4 Å². The van der Waals surface area contributed by atoms with Crippen molar-refractivity contribution in [3.63, 3.8) is 0 Å². The van der Waals surface area contributed by atoms with Gasteiger partial charge in [-0.1, -0.05) is 6.58 Å². The minimum absolute atomic E-state index is 0.801. The molecule has 1 N–H and O–H groups in total. The van der Waals surface area contributed by atoms with Gasteiger partial charge >= 0.3 is 0 Å². The summed E-state index contributed by atoms with van der Waals surface area (Å²) in [4.78, 5) is 8.23. The van der Waals surface area contributed by atoms with Crippen LogP contribution in [-0.2, 0) is 7.05 Å². The fraction of sp³-hybridized carbons (Fsp3) is 0.143. The van der Waals surface area contributed by atoms with Crippen LogP contribution in [0.25, 0.3) is 5.70 Å². The molecule has 1 aliphatic heterocycles. The lowest BCUT2D eigenvalue weighted by atomic mass is 10.3. The molecule has 0 saturated heterocycles. The maximum atomic E-state index is 4.12. The summed E-state index contributed by atoms with van der Waals surface area (Å²) in [7, 11) is 1.90. The van der Waals surface area contributed by atoms with Crippen LogP contribution in [-0.4, -0.2) is 15.9 Å². The first-order chi connectivity index (χ1) is 5.29. The third-order valence-electron chi connectivity index (χ3n) is 1.62. The van der Waals surface area contributed by atoms with Crippen molar-refractivity contribution in [2.45, 2.75) is 0 Å². The lowest BCUT2D eigenvalue weighted by Gasteiger charge is -2.08. The van der Waals surface area contributed by atoms with E-state index in [4.69, 9.17) is 0 Å². The van der Waals surface area contributed by atoms with Crippen molar-refractivity contribution in [1.82, 2.24) is 14.9 Å². The number of nitrogens with zero attached hydrogens (tertiary/aromatic N) is 3. The number of imidazole rings is 1. The van der Waals surface area contributed by atoms with Crippen LogP contribution < -0.4 is 5.32 Å². The molecule has 0 saturated carbocycles. The van der Waals surface area contributed by atoms with Gasteiger partial charge in [0.1, 0.15) is 5.69 Å². The Morgan fingerprint density at radius 3 is 3.18 bits per heavy atom. The molecule has 56 valence electrons. The number of rotatable bonds is 0. The molecule has 11 heavy (non-hydrogen) atoms. The average molecular weight is 148 g/mol. The van der Waals surface area contributed by atoms with Crippen molar-refractivity contribution < 1.29 is 0 Å². The molecule has 0 bridgehead atoms. The van der Waals surface area contributed by atoms with Crippen LogP contribution in [0.3, 0.4) is 0 Å². The summed E-state index contributed by atoms with van der Waals surface area (Å²) in [5, 5.41) is 2.89. The molecule has 0 aromatic carbocycles. The first kappa shape index (κ1) is 6.15. The van der Waals surface area contributed by atoms with Gasteiger partial charge in [-0.15, -0.1) is 0 Å². The Morgan fingerprint density at radius 2 is 2.45 bits per heavy atom. The van der Waals surface area contributed by atoms with Crippen LogP contribution >= 0.6 is 0 Å². The highest BCUT2D eigenvalue weighted by atomic mass is 15.2. The van der Waals surface area contributed by atoms with E-state index in [-0.39, 0.29) is 0 Å². The third kappa shape index (κ3) is 0.756. The lowest BCUT2D eigenvalue weighted by molar-refractivity contribution is 0.910. The second-order valence-corrected chi connectivity index (χ2v) is 2.41. The van der Waals surface area contributed by atoms with E-state index in [9.17, 15) is 0 Å². The number of aliphatic imine (C=N–C) groups is 1. The van der Waals surface area contributed by atoms with Gasteiger partial charge in [0, 0.05) is 7.05 Å². The number of aryl methyl sites for hydroxylation is 1. The van der Waals surface area contributed by atoms with Gasteiger partial charge in [0.15, 0.2) is 5.82 Å². The first-order valence-electron chi connectivity index (χ1n) is 3.28. The molecule has 0 atom stereocenters. The molecule has 4 nitrogen and oxygen atoms in total. The molecule has 0 unspecified atom stereocenters. The van der Waals surface area contributed by atoms with Crippen LogP contribution in [0.1, 0.15) is 5.69 Å². The summed E-state index contributed by atoms with van der Waals surface area (Å²) in [6.07, 6.45) is 3.34. The van der Waals surface area contributed by atoms with Crippen LogP contribution in [0.2, 0.25) is 0 Å². The number of nitrogens with one attached hydrogen (secondary N) is 1. The zero-order valence-corrected chi connectivity index (χ0v) is 6.20. The molecule has 0 spiro atoms. The van der Waals surface area contributed by atoms with E-state index in [1.54, 1.807) is 12.7 Å². The monoisotopic (exact) mass is 148 g/mol. The molecule has 4 heteroatoms. The molecule has 1 aromatic heterocycles. The highest BCUT2D eigenvalue weighted by molar-refractivity contribution is 5.83. The molecular formula is C7H8N4. The standard InChI is InChI=1S/C7H8N4/c1-5-6-7(9-3-8-5)11(2)4-10-6/h3-4H,1H2,2H3,(H,8,9). The number of hydrogen-bond donors (Lipinski definition) is 1. The maximum absolute atomic E-state index is 4.12. The van der Waals surface area contributed by atoms with Crippen molar-refractivity contribution in [1.29, 1.82) is 0 Å². The van der Waals surface area contributed by atoms with Crippen LogP contribution in [0, 0.1) is 0 Å². The Kier molecular flexibility index (Phi) is 1.09. The van der Waals surface area contributed by atoms with E-state index in [1.165, 1.54) is 0 Å². The molecule has 1 aliphatic rings. The second kappa shape index (κ2) is 1.95. The van der Waals surface area contributed by atoms with Crippen LogP contribution in [0.4, 0.5) is 5.82 Å². The molecule has 0 radical (unpaired) electrons. The second-order valence-electron chi connectivity index (χ2n) is 2.41. The van der Waals surface area contributed by atoms with Crippen molar-refractivity contribution in [2.24, 2.45) is 12.0 Å².